The average Bonchev–Trinajstić information content (AvgIpc) is 2.45. The van der Waals surface area contributed by atoms with Gasteiger partial charge < -0.3 is 5.32 Å². The summed E-state index contributed by atoms with van der Waals surface area (Å²) in [7, 11) is 0. The van der Waals surface area contributed by atoms with Gasteiger partial charge in [-0.1, -0.05) is 46.6 Å². The Morgan fingerprint density at radius 2 is 2.10 bits per heavy atom. The zero-order chi connectivity index (χ0) is 14.5. The molecule has 0 saturated carbocycles. The zero-order valence-corrected chi connectivity index (χ0v) is 13.4. The smallest absolute Gasteiger partial charge is 0.101 e. The second kappa shape index (κ2) is 6.78. The Morgan fingerprint density at radius 1 is 1.30 bits per heavy atom. The first-order valence-corrected chi connectivity index (χ1v) is 7.52. The molecule has 1 unspecified atom stereocenters. The normalized spacial score (nSPS) is 11.7. The molecule has 0 fully saturated rings. The number of nitrogens with zero attached hydrogens (tertiary/aromatic N) is 1. The van der Waals surface area contributed by atoms with Crippen LogP contribution in [0.1, 0.15) is 30.5 Å². The Morgan fingerprint density at radius 3 is 2.75 bits per heavy atom. The van der Waals surface area contributed by atoms with Crippen LogP contribution in [0.2, 0.25) is 5.02 Å². The highest BCUT2D eigenvalue weighted by Crippen LogP contribution is 2.28. The van der Waals surface area contributed by atoms with Gasteiger partial charge in [0.15, 0.2) is 0 Å². The van der Waals surface area contributed by atoms with Crippen LogP contribution in [0.25, 0.3) is 0 Å². The largest absolute Gasteiger partial charge is 0.377 e. The maximum atomic E-state index is 9.17. The van der Waals surface area contributed by atoms with Crippen molar-refractivity contribution in [3.05, 3.63) is 63.1 Å². The molecule has 1 N–H and O–H groups in total. The zero-order valence-electron chi connectivity index (χ0n) is 11.0. The van der Waals surface area contributed by atoms with Gasteiger partial charge in [0.2, 0.25) is 0 Å². The van der Waals surface area contributed by atoms with Crippen molar-refractivity contribution in [3.63, 3.8) is 0 Å². The lowest BCUT2D eigenvalue weighted by Crippen LogP contribution is -2.10. The molecule has 2 aromatic rings. The van der Waals surface area contributed by atoms with E-state index in [-0.39, 0.29) is 6.04 Å². The van der Waals surface area contributed by atoms with E-state index in [2.05, 4.69) is 46.4 Å². The SMILES string of the molecule is CCC(Nc1cc(Cl)ccc1C#N)c1cccc(Br)c1. The van der Waals surface area contributed by atoms with Crippen molar-refractivity contribution >= 4 is 33.2 Å². The Kier molecular flexibility index (Phi) is 5.05. The lowest BCUT2D eigenvalue weighted by molar-refractivity contribution is 0.748. The number of benzene rings is 2. The summed E-state index contributed by atoms with van der Waals surface area (Å²) in [6, 6.07) is 15.7. The first-order valence-electron chi connectivity index (χ1n) is 6.35. The molecule has 0 aliphatic carbocycles. The van der Waals surface area contributed by atoms with E-state index in [9.17, 15) is 0 Å². The summed E-state index contributed by atoms with van der Waals surface area (Å²) in [5, 5.41) is 13.2. The van der Waals surface area contributed by atoms with E-state index in [1.165, 1.54) is 5.56 Å². The molecule has 2 rings (SSSR count). The molecule has 0 aliphatic heterocycles. The molecule has 0 aromatic heterocycles. The molecule has 102 valence electrons. The highest BCUT2D eigenvalue weighted by Gasteiger charge is 2.12. The fraction of sp³-hybridized carbons (Fsp3) is 0.188. The monoisotopic (exact) mass is 348 g/mol. The van der Waals surface area contributed by atoms with E-state index >= 15 is 0 Å². The molecule has 0 spiro atoms. The third-order valence-corrected chi connectivity index (χ3v) is 3.82. The number of nitrogens with one attached hydrogen (secondary N) is 1. The van der Waals surface area contributed by atoms with Crippen LogP contribution in [-0.4, -0.2) is 0 Å². The van der Waals surface area contributed by atoms with Crippen molar-refractivity contribution < 1.29 is 0 Å². The van der Waals surface area contributed by atoms with Crippen LogP contribution in [0.3, 0.4) is 0 Å². The van der Waals surface area contributed by atoms with Crippen molar-refractivity contribution in [3.8, 4) is 6.07 Å². The fourth-order valence-corrected chi connectivity index (χ4v) is 2.65. The predicted molar refractivity (Wildman–Crippen MR) is 87.0 cm³/mol. The second-order valence-corrected chi connectivity index (χ2v) is 5.81. The van der Waals surface area contributed by atoms with Gasteiger partial charge in [-0.3, -0.25) is 0 Å². The van der Waals surface area contributed by atoms with Crippen LogP contribution in [0.4, 0.5) is 5.69 Å². The Labute approximate surface area is 132 Å². The van der Waals surface area contributed by atoms with Gasteiger partial charge in [0.1, 0.15) is 6.07 Å². The summed E-state index contributed by atoms with van der Waals surface area (Å²) in [4.78, 5) is 0. The van der Waals surface area contributed by atoms with Crippen LogP contribution < -0.4 is 5.32 Å². The minimum Gasteiger partial charge on any atom is -0.377 e. The van der Waals surface area contributed by atoms with Crippen LogP contribution in [-0.2, 0) is 0 Å². The number of anilines is 1. The number of hydrogen-bond acceptors (Lipinski definition) is 2. The number of rotatable bonds is 4. The van der Waals surface area contributed by atoms with E-state index in [1.807, 2.05) is 12.1 Å². The van der Waals surface area contributed by atoms with Gasteiger partial charge in [-0.05, 0) is 42.3 Å². The molecule has 0 aliphatic rings. The highest BCUT2D eigenvalue weighted by molar-refractivity contribution is 9.10. The molecule has 0 radical (unpaired) electrons. The molecule has 0 heterocycles. The molecule has 0 amide bonds. The summed E-state index contributed by atoms with van der Waals surface area (Å²) < 4.78 is 1.04. The molecular weight excluding hydrogens is 336 g/mol. The average molecular weight is 350 g/mol. The van der Waals surface area contributed by atoms with Gasteiger partial charge in [0, 0.05) is 9.50 Å². The Hall–Kier alpha value is -1.50. The van der Waals surface area contributed by atoms with Gasteiger partial charge in [-0.25, -0.2) is 0 Å². The van der Waals surface area contributed by atoms with E-state index in [0.717, 1.165) is 16.6 Å². The summed E-state index contributed by atoms with van der Waals surface area (Å²) in [6.07, 6.45) is 0.911. The first-order chi connectivity index (χ1) is 9.63. The molecule has 2 aromatic carbocycles. The molecule has 20 heavy (non-hydrogen) atoms. The molecule has 0 saturated heterocycles. The lowest BCUT2D eigenvalue weighted by atomic mass is 10.0. The molecule has 0 bridgehead atoms. The lowest BCUT2D eigenvalue weighted by Gasteiger charge is -2.20. The fourth-order valence-electron chi connectivity index (χ4n) is 2.07. The third-order valence-electron chi connectivity index (χ3n) is 3.09. The topological polar surface area (TPSA) is 35.8 Å². The third kappa shape index (κ3) is 3.53. The van der Waals surface area contributed by atoms with Crippen LogP contribution in [0.5, 0.6) is 0 Å². The van der Waals surface area contributed by atoms with Crippen molar-refractivity contribution in [2.75, 3.05) is 5.32 Å². The van der Waals surface area contributed by atoms with Gasteiger partial charge in [0.05, 0.1) is 17.3 Å². The number of halogens is 2. The van der Waals surface area contributed by atoms with Gasteiger partial charge in [0.25, 0.3) is 0 Å². The minimum absolute atomic E-state index is 0.137. The van der Waals surface area contributed by atoms with Crippen molar-refractivity contribution in [2.24, 2.45) is 0 Å². The maximum absolute atomic E-state index is 9.17. The van der Waals surface area contributed by atoms with Gasteiger partial charge in [-0.15, -0.1) is 0 Å². The van der Waals surface area contributed by atoms with Crippen molar-refractivity contribution in [1.82, 2.24) is 0 Å². The quantitative estimate of drug-likeness (QED) is 0.787. The molecule has 4 heteroatoms. The van der Waals surface area contributed by atoms with E-state index in [4.69, 9.17) is 16.9 Å². The minimum atomic E-state index is 0.137. The summed E-state index contributed by atoms with van der Waals surface area (Å²) in [5.41, 5.74) is 2.54. The molecular formula is C16H14BrClN2. The molecule has 1 atom stereocenters. The van der Waals surface area contributed by atoms with Gasteiger partial charge in [-0.2, -0.15) is 5.26 Å². The van der Waals surface area contributed by atoms with Crippen LogP contribution >= 0.6 is 27.5 Å². The van der Waals surface area contributed by atoms with Crippen LogP contribution in [0.15, 0.2) is 46.9 Å². The van der Waals surface area contributed by atoms with E-state index in [1.54, 1.807) is 18.2 Å². The maximum Gasteiger partial charge on any atom is 0.101 e. The number of nitriles is 1. The first kappa shape index (κ1) is 14.9. The Bertz CT molecular complexity index is 649. The Balaban J connectivity index is 2.31. The number of hydrogen-bond donors (Lipinski definition) is 1. The predicted octanol–water partition coefficient (Wildman–Crippen LogP) is 5.54. The van der Waals surface area contributed by atoms with Gasteiger partial charge >= 0.3 is 0 Å². The highest BCUT2D eigenvalue weighted by atomic mass is 79.9. The van der Waals surface area contributed by atoms with Crippen molar-refractivity contribution in [2.45, 2.75) is 19.4 Å². The second-order valence-electron chi connectivity index (χ2n) is 4.46. The standard InChI is InChI=1S/C16H14BrClN2/c1-2-15(11-4-3-5-13(17)8-11)20-16-9-14(18)7-6-12(16)10-19/h3-9,15,20H,2H2,1H3. The van der Waals surface area contributed by atoms with Crippen LogP contribution in [0, 0.1) is 11.3 Å². The van der Waals surface area contributed by atoms with E-state index in [0.29, 0.717) is 10.6 Å². The van der Waals surface area contributed by atoms with E-state index < -0.39 is 0 Å². The summed E-state index contributed by atoms with van der Waals surface area (Å²) in [6.45, 7) is 2.11. The summed E-state index contributed by atoms with van der Waals surface area (Å²) in [5.74, 6) is 0. The summed E-state index contributed by atoms with van der Waals surface area (Å²) >= 11 is 9.50. The molecule has 2 nitrogen and oxygen atoms in total. The van der Waals surface area contributed by atoms with Crippen molar-refractivity contribution in [1.29, 1.82) is 5.26 Å².